The highest BCUT2D eigenvalue weighted by Gasteiger charge is 2.27. The number of amides is 1. The van der Waals surface area contributed by atoms with Crippen LogP contribution < -0.4 is 5.73 Å². The van der Waals surface area contributed by atoms with Crippen LogP contribution >= 0.6 is 0 Å². The van der Waals surface area contributed by atoms with Gasteiger partial charge >= 0.3 is 0 Å². The van der Waals surface area contributed by atoms with Crippen LogP contribution in [0.15, 0.2) is 30.3 Å². The van der Waals surface area contributed by atoms with Crippen LogP contribution in [0.2, 0.25) is 0 Å². The summed E-state index contributed by atoms with van der Waals surface area (Å²) in [5.74, 6) is 0.0547. The zero-order valence-electron chi connectivity index (χ0n) is 12.3. The van der Waals surface area contributed by atoms with Crippen molar-refractivity contribution in [3.05, 3.63) is 35.9 Å². The van der Waals surface area contributed by atoms with E-state index in [1.807, 2.05) is 17.9 Å². The highest BCUT2D eigenvalue weighted by Crippen LogP contribution is 2.21. The van der Waals surface area contributed by atoms with Gasteiger partial charge in [0.25, 0.3) is 0 Å². The minimum atomic E-state index is 0.0547. The fourth-order valence-corrected chi connectivity index (χ4v) is 2.92. The summed E-state index contributed by atoms with van der Waals surface area (Å²) in [6.07, 6.45) is 2.38. The molecule has 0 bridgehead atoms. The van der Waals surface area contributed by atoms with E-state index in [1.165, 1.54) is 18.4 Å². The molecular weight excluding hydrogens is 250 g/mol. The van der Waals surface area contributed by atoms with Gasteiger partial charge in [0.2, 0.25) is 5.91 Å². The predicted octanol–water partition coefficient (Wildman–Crippen LogP) is 1.46. The quantitative estimate of drug-likeness (QED) is 0.855. The molecule has 1 aliphatic rings. The van der Waals surface area contributed by atoms with E-state index >= 15 is 0 Å². The average molecular weight is 275 g/mol. The van der Waals surface area contributed by atoms with Crippen molar-refractivity contribution in [2.75, 3.05) is 26.2 Å². The predicted molar refractivity (Wildman–Crippen MR) is 81.2 cm³/mol. The van der Waals surface area contributed by atoms with Crippen LogP contribution in [0.5, 0.6) is 0 Å². The lowest BCUT2D eigenvalue weighted by Crippen LogP contribution is -2.44. The molecule has 1 aromatic rings. The molecule has 110 valence electrons. The molecule has 2 N–H and O–H groups in total. The van der Waals surface area contributed by atoms with E-state index in [2.05, 4.69) is 29.2 Å². The van der Waals surface area contributed by atoms with Crippen LogP contribution in [0, 0.1) is 0 Å². The summed E-state index contributed by atoms with van der Waals surface area (Å²) in [4.78, 5) is 16.1. The molecular formula is C16H25N3O. The molecule has 1 aliphatic heterocycles. The number of likely N-dealkylation sites (N-methyl/N-ethyl adjacent to an activating group) is 1. The minimum absolute atomic E-state index is 0.0547. The SMILES string of the molecule is CCN(CC1CCCN1Cc1ccccc1)C(=O)CN. The van der Waals surface area contributed by atoms with E-state index in [0.29, 0.717) is 6.04 Å². The zero-order valence-corrected chi connectivity index (χ0v) is 12.3. The minimum Gasteiger partial charge on any atom is -0.340 e. The number of likely N-dealkylation sites (tertiary alicyclic amines) is 1. The van der Waals surface area contributed by atoms with E-state index in [1.54, 1.807) is 0 Å². The van der Waals surface area contributed by atoms with Crippen LogP contribution in [0.3, 0.4) is 0 Å². The van der Waals surface area contributed by atoms with Crippen LogP contribution in [0.4, 0.5) is 0 Å². The standard InChI is InChI=1S/C16H25N3O/c1-2-18(16(20)11-17)13-15-9-6-10-19(15)12-14-7-4-3-5-8-14/h3-5,7-8,15H,2,6,9-13,17H2,1H3. The maximum Gasteiger partial charge on any atom is 0.236 e. The fraction of sp³-hybridized carbons (Fsp3) is 0.562. The maximum absolute atomic E-state index is 11.8. The first-order valence-electron chi connectivity index (χ1n) is 7.50. The van der Waals surface area contributed by atoms with Gasteiger partial charge in [-0.15, -0.1) is 0 Å². The first-order chi connectivity index (χ1) is 9.74. The number of carbonyl (C=O) groups excluding carboxylic acids is 1. The van der Waals surface area contributed by atoms with Crippen molar-refractivity contribution in [1.82, 2.24) is 9.80 Å². The summed E-state index contributed by atoms with van der Waals surface area (Å²) in [5, 5.41) is 0. The molecule has 0 radical (unpaired) electrons. The Morgan fingerprint density at radius 1 is 1.40 bits per heavy atom. The molecule has 2 rings (SSSR count). The number of nitrogens with two attached hydrogens (primary N) is 1. The second kappa shape index (κ2) is 7.41. The van der Waals surface area contributed by atoms with Crippen molar-refractivity contribution < 1.29 is 4.79 Å². The number of nitrogens with zero attached hydrogens (tertiary/aromatic N) is 2. The van der Waals surface area contributed by atoms with Gasteiger partial charge in [-0.3, -0.25) is 9.69 Å². The molecule has 0 aromatic heterocycles. The zero-order chi connectivity index (χ0) is 14.4. The molecule has 0 aliphatic carbocycles. The molecule has 1 fully saturated rings. The third kappa shape index (κ3) is 3.81. The normalized spacial score (nSPS) is 19.2. The summed E-state index contributed by atoms with van der Waals surface area (Å²) >= 11 is 0. The van der Waals surface area contributed by atoms with E-state index < -0.39 is 0 Å². The molecule has 0 saturated carbocycles. The van der Waals surface area contributed by atoms with Gasteiger partial charge in [-0.05, 0) is 31.9 Å². The largest absolute Gasteiger partial charge is 0.340 e. The van der Waals surface area contributed by atoms with Crippen LogP contribution in [-0.4, -0.2) is 47.9 Å². The van der Waals surface area contributed by atoms with Gasteiger partial charge in [-0.1, -0.05) is 30.3 Å². The highest BCUT2D eigenvalue weighted by molar-refractivity contribution is 5.78. The summed E-state index contributed by atoms with van der Waals surface area (Å²) in [7, 11) is 0. The first-order valence-corrected chi connectivity index (χ1v) is 7.50. The first kappa shape index (κ1) is 15.0. The molecule has 1 unspecified atom stereocenters. The Bertz CT molecular complexity index is 421. The van der Waals surface area contributed by atoms with Gasteiger partial charge in [-0.25, -0.2) is 0 Å². The molecule has 1 heterocycles. The van der Waals surface area contributed by atoms with E-state index in [-0.39, 0.29) is 12.5 Å². The molecule has 1 saturated heterocycles. The Kier molecular flexibility index (Phi) is 5.56. The molecule has 20 heavy (non-hydrogen) atoms. The van der Waals surface area contributed by atoms with Gasteiger partial charge < -0.3 is 10.6 Å². The Labute approximate surface area is 121 Å². The second-order valence-corrected chi connectivity index (χ2v) is 5.39. The summed E-state index contributed by atoms with van der Waals surface area (Å²) < 4.78 is 0. The number of hydrogen-bond acceptors (Lipinski definition) is 3. The van der Waals surface area contributed by atoms with E-state index in [9.17, 15) is 4.79 Å². The topological polar surface area (TPSA) is 49.6 Å². The van der Waals surface area contributed by atoms with Crippen molar-refractivity contribution in [3.8, 4) is 0 Å². The van der Waals surface area contributed by atoms with Crippen LogP contribution in [0.25, 0.3) is 0 Å². The molecule has 1 amide bonds. The van der Waals surface area contributed by atoms with Crippen molar-refractivity contribution in [3.63, 3.8) is 0 Å². The fourth-order valence-electron chi connectivity index (χ4n) is 2.92. The van der Waals surface area contributed by atoms with Crippen LogP contribution in [-0.2, 0) is 11.3 Å². The third-order valence-electron chi connectivity index (χ3n) is 4.07. The lowest BCUT2D eigenvalue weighted by molar-refractivity contribution is -0.130. The summed E-state index contributed by atoms with van der Waals surface area (Å²) in [6.45, 7) is 5.77. The summed E-state index contributed by atoms with van der Waals surface area (Å²) in [6, 6.07) is 11.0. The number of rotatable bonds is 6. The van der Waals surface area contributed by atoms with Crippen molar-refractivity contribution in [2.24, 2.45) is 5.73 Å². The van der Waals surface area contributed by atoms with E-state index in [4.69, 9.17) is 5.73 Å². The van der Waals surface area contributed by atoms with Crippen molar-refractivity contribution >= 4 is 5.91 Å². The number of benzene rings is 1. The summed E-state index contributed by atoms with van der Waals surface area (Å²) in [5.41, 5.74) is 6.82. The van der Waals surface area contributed by atoms with Gasteiger partial charge in [0, 0.05) is 25.7 Å². The number of hydrogen-bond donors (Lipinski definition) is 1. The molecule has 0 spiro atoms. The molecule has 1 atom stereocenters. The monoisotopic (exact) mass is 275 g/mol. The van der Waals surface area contributed by atoms with Gasteiger partial charge in [0.15, 0.2) is 0 Å². The van der Waals surface area contributed by atoms with Gasteiger partial charge in [0.1, 0.15) is 0 Å². The lowest BCUT2D eigenvalue weighted by atomic mass is 10.1. The molecule has 4 heteroatoms. The molecule has 4 nitrogen and oxygen atoms in total. The van der Waals surface area contributed by atoms with Gasteiger partial charge in [0.05, 0.1) is 6.54 Å². The van der Waals surface area contributed by atoms with E-state index in [0.717, 1.165) is 26.2 Å². The maximum atomic E-state index is 11.8. The van der Waals surface area contributed by atoms with Gasteiger partial charge in [-0.2, -0.15) is 0 Å². The Morgan fingerprint density at radius 2 is 2.15 bits per heavy atom. The number of carbonyl (C=O) groups is 1. The average Bonchev–Trinajstić information content (AvgIpc) is 2.92. The highest BCUT2D eigenvalue weighted by atomic mass is 16.2. The molecule has 1 aromatic carbocycles. The third-order valence-corrected chi connectivity index (χ3v) is 4.07. The van der Waals surface area contributed by atoms with Crippen molar-refractivity contribution in [2.45, 2.75) is 32.4 Å². The van der Waals surface area contributed by atoms with Crippen LogP contribution in [0.1, 0.15) is 25.3 Å². The second-order valence-electron chi connectivity index (χ2n) is 5.39. The lowest BCUT2D eigenvalue weighted by Gasteiger charge is -2.30. The Balaban J connectivity index is 1.95. The van der Waals surface area contributed by atoms with Crippen molar-refractivity contribution in [1.29, 1.82) is 0 Å². The Morgan fingerprint density at radius 3 is 2.80 bits per heavy atom. The smallest absolute Gasteiger partial charge is 0.236 e. The Hall–Kier alpha value is -1.39.